The first-order valence-electron chi connectivity index (χ1n) is 8.42. The number of hydrazone groups is 1. The molecule has 2 heterocycles. The molecule has 3 N–H and O–H groups in total. The summed E-state index contributed by atoms with van der Waals surface area (Å²) in [5.74, 6) is -1.12. The van der Waals surface area contributed by atoms with Crippen LogP contribution in [-0.4, -0.2) is 39.3 Å². The number of fused-ring (bicyclic) bond motifs is 1. The SMILES string of the molecule is CNC(=O)c1ccc(N/N=C2\CCC(C)n3c2ncc(C(=O)O)c3=O)cc1. The molecular formula is C18H19N5O4. The number of hydrogen-bond acceptors (Lipinski definition) is 6. The molecule has 2 aromatic rings. The predicted molar refractivity (Wildman–Crippen MR) is 99.4 cm³/mol. The van der Waals surface area contributed by atoms with E-state index in [1.165, 1.54) is 4.57 Å². The molecule has 1 aliphatic heterocycles. The molecule has 1 amide bonds. The second-order valence-electron chi connectivity index (χ2n) is 6.19. The Hall–Kier alpha value is -3.49. The van der Waals surface area contributed by atoms with E-state index in [9.17, 15) is 14.4 Å². The van der Waals surface area contributed by atoms with Crippen LogP contribution >= 0.6 is 0 Å². The summed E-state index contributed by atoms with van der Waals surface area (Å²) in [7, 11) is 1.56. The number of carbonyl (C=O) groups is 2. The van der Waals surface area contributed by atoms with E-state index in [4.69, 9.17) is 5.11 Å². The number of aromatic carboxylic acids is 1. The van der Waals surface area contributed by atoms with E-state index in [0.29, 0.717) is 35.6 Å². The van der Waals surface area contributed by atoms with Crippen LogP contribution in [0.25, 0.3) is 0 Å². The fourth-order valence-electron chi connectivity index (χ4n) is 2.90. The molecule has 140 valence electrons. The lowest BCUT2D eigenvalue weighted by molar-refractivity contribution is 0.0693. The number of carboxylic acids is 1. The minimum absolute atomic E-state index is 0.162. The van der Waals surface area contributed by atoms with Gasteiger partial charge < -0.3 is 10.4 Å². The highest BCUT2D eigenvalue weighted by atomic mass is 16.4. The smallest absolute Gasteiger partial charge is 0.342 e. The summed E-state index contributed by atoms with van der Waals surface area (Å²) in [6.45, 7) is 1.85. The monoisotopic (exact) mass is 369 g/mol. The lowest BCUT2D eigenvalue weighted by Crippen LogP contribution is -2.37. The van der Waals surface area contributed by atoms with Crippen LogP contribution in [0.3, 0.4) is 0 Å². The van der Waals surface area contributed by atoms with Gasteiger partial charge >= 0.3 is 5.97 Å². The molecule has 3 rings (SSSR count). The average Bonchev–Trinajstić information content (AvgIpc) is 2.67. The van der Waals surface area contributed by atoms with Gasteiger partial charge in [-0.15, -0.1) is 0 Å². The topological polar surface area (TPSA) is 126 Å². The Labute approximate surface area is 154 Å². The van der Waals surface area contributed by atoms with Crippen LogP contribution in [0.15, 0.2) is 40.4 Å². The first kappa shape index (κ1) is 18.3. The Kier molecular flexibility index (Phi) is 5.02. The number of nitrogens with zero attached hydrogens (tertiary/aromatic N) is 3. The van der Waals surface area contributed by atoms with Gasteiger partial charge in [-0.25, -0.2) is 9.78 Å². The molecule has 1 atom stereocenters. The van der Waals surface area contributed by atoms with Gasteiger partial charge in [-0.1, -0.05) is 0 Å². The van der Waals surface area contributed by atoms with Crippen LogP contribution in [0.5, 0.6) is 0 Å². The molecule has 1 aromatic heterocycles. The molecule has 27 heavy (non-hydrogen) atoms. The van der Waals surface area contributed by atoms with Crippen molar-refractivity contribution >= 4 is 23.3 Å². The van der Waals surface area contributed by atoms with Crippen molar-refractivity contribution in [1.29, 1.82) is 0 Å². The predicted octanol–water partition coefficient (Wildman–Crippen LogP) is 1.47. The fourth-order valence-corrected chi connectivity index (χ4v) is 2.90. The minimum atomic E-state index is -1.30. The van der Waals surface area contributed by atoms with Gasteiger partial charge in [-0.3, -0.25) is 19.6 Å². The third kappa shape index (κ3) is 3.57. The van der Waals surface area contributed by atoms with E-state index in [-0.39, 0.29) is 17.5 Å². The molecule has 0 bridgehead atoms. The maximum absolute atomic E-state index is 12.4. The van der Waals surface area contributed by atoms with Crippen LogP contribution in [0.2, 0.25) is 0 Å². The van der Waals surface area contributed by atoms with Crippen molar-refractivity contribution < 1.29 is 14.7 Å². The zero-order chi connectivity index (χ0) is 19.6. The number of nitrogens with one attached hydrogen (secondary N) is 2. The zero-order valence-corrected chi connectivity index (χ0v) is 14.9. The Morgan fingerprint density at radius 2 is 2.00 bits per heavy atom. The zero-order valence-electron chi connectivity index (χ0n) is 14.9. The maximum Gasteiger partial charge on any atom is 0.342 e. The summed E-state index contributed by atoms with van der Waals surface area (Å²) < 4.78 is 1.38. The number of carboxylic acid groups (broad SMARTS) is 1. The largest absolute Gasteiger partial charge is 0.477 e. The summed E-state index contributed by atoms with van der Waals surface area (Å²) in [5, 5.41) is 16.0. The standard InChI is InChI=1S/C18H19N5O4/c1-10-3-8-14(15-20-9-13(18(26)27)17(25)23(10)15)22-21-12-6-4-11(5-7-12)16(24)19-2/h4-7,9-10,21H,3,8H2,1-2H3,(H,19,24)(H,26,27)/b22-14+. The number of amides is 1. The summed E-state index contributed by atoms with van der Waals surface area (Å²) in [6, 6.07) is 6.60. The van der Waals surface area contributed by atoms with Crippen molar-refractivity contribution in [3.05, 3.63) is 57.8 Å². The number of aromatic nitrogens is 2. The average molecular weight is 369 g/mol. The van der Waals surface area contributed by atoms with E-state index >= 15 is 0 Å². The highest BCUT2D eigenvalue weighted by Gasteiger charge is 2.26. The summed E-state index contributed by atoms with van der Waals surface area (Å²) in [4.78, 5) is 39.3. The molecule has 9 heteroatoms. The van der Waals surface area contributed by atoms with Crippen molar-refractivity contribution in [2.75, 3.05) is 12.5 Å². The highest BCUT2D eigenvalue weighted by molar-refractivity contribution is 5.99. The van der Waals surface area contributed by atoms with Gasteiger partial charge in [-0.05, 0) is 44.0 Å². The second kappa shape index (κ2) is 7.40. The third-order valence-electron chi connectivity index (χ3n) is 4.42. The van der Waals surface area contributed by atoms with Crippen LogP contribution < -0.4 is 16.3 Å². The molecule has 0 aliphatic carbocycles. The molecule has 0 spiro atoms. The Morgan fingerprint density at radius 3 is 2.63 bits per heavy atom. The number of carbonyl (C=O) groups excluding carboxylic acids is 1. The lowest BCUT2D eigenvalue weighted by atomic mass is 10.0. The van der Waals surface area contributed by atoms with Crippen LogP contribution in [0.4, 0.5) is 5.69 Å². The van der Waals surface area contributed by atoms with Crippen molar-refractivity contribution in [2.24, 2.45) is 5.10 Å². The number of anilines is 1. The van der Waals surface area contributed by atoms with Gasteiger partial charge in [0.2, 0.25) is 0 Å². The van der Waals surface area contributed by atoms with Crippen LogP contribution in [-0.2, 0) is 0 Å². The maximum atomic E-state index is 12.4. The quantitative estimate of drug-likeness (QED) is 0.701. The van der Waals surface area contributed by atoms with Gasteiger partial charge in [0.05, 0.1) is 5.69 Å². The summed E-state index contributed by atoms with van der Waals surface area (Å²) in [6.07, 6.45) is 2.32. The second-order valence-corrected chi connectivity index (χ2v) is 6.19. The van der Waals surface area contributed by atoms with E-state index in [2.05, 4.69) is 20.8 Å². The first-order valence-corrected chi connectivity index (χ1v) is 8.42. The first-order chi connectivity index (χ1) is 12.9. The number of benzene rings is 1. The molecule has 9 nitrogen and oxygen atoms in total. The molecule has 1 aliphatic rings. The number of hydrogen-bond donors (Lipinski definition) is 3. The molecule has 0 radical (unpaired) electrons. The van der Waals surface area contributed by atoms with Gasteiger partial charge in [0.1, 0.15) is 11.3 Å². The van der Waals surface area contributed by atoms with Gasteiger partial charge in [0.25, 0.3) is 11.5 Å². The van der Waals surface area contributed by atoms with Gasteiger partial charge in [-0.2, -0.15) is 5.10 Å². The van der Waals surface area contributed by atoms with Gasteiger partial charge in [0, 0.05) is 24.8 Å². The van der Waals surface area contributed by atoms with Crippen molar-refractivity contribution in [2.45, 2.75) is 25.8 Å². The molecular weight excluding hydrogens is 350 g/mol. The molecule has 0 saturated carbocycles. The molecule has 0 saturated heterocycles. The van der Waals surface area contributed by atoms with Crippen molar-refractivity contribution in [3.63, 3.8) is 0 Å². The van der Waals surface area contributed by atoms with Crippen LogP contribution in [0.1, 0.15) is 52.3 Å². The van der Waals surface area contributed by atoms with E-state index in [1.807, 2.05) is 6.92 Å². The lowest BCUT2D eigenvalue weighted by Gasteiger charge is -2.25. The van der Waals surface area contributed by atoms with Crippen molar-refractivity contribution in [1.82, 2.24) is 14.9 Å². The molecule has 1 aromatic carbocycles. The van der Waals surface area contributed by atoms with E-state index in [0.717, 1.165) is 6.20 Å². The highest BCUT2D eigenvalue weighted by Crippen LogP contribution is 2.22. The summed E-state index contributed by atoms with van der Waals surface area (Å²) >= 11 is 0. The van der Waals surface area contributed by atoms with E-state index < -0.39 is 11.5 Å². The minimum Gasteiger partial charge on any atom is -0.477 e. The Bertz CT molecular complexity index is 978. The fraction of sp³-hybridized carbons (Fsp3) is 0.278. The van der Waals surface area contributed by atoms with Crippen molar-refractivity contribution in [3.8, 4) is 0 Å². The van der Waals surface area contributed by atoms with E-state index in [1.54, 1.807) is 31.3 Å². The summed E-state index contributed by atoms with van der Waals surface area (Å²) in [5.41, 5.74) is 3.73. The van der Waals surface area contributed by atoms with Crippen LogP contribution in [0, 0.1) is 0 Å². The Morgan fingerprint density at radius 1 is 1.30 bits per heavy atom. The normalized spacial score (nSPS) is 17.3. The Balaban J connectivity index is 1.90. The number of rotatable bonds is 4. The third-order valence-corrected chi connectivity index (χ3v) is 4.42. The van der Waals surface area contributed by atoms with Gasteiger partial charge in [0.15, 0.2) is 5.82 Å². The molecule has 0 fully saturated rings. The molecule has 1 unspecified atom stereocenters.